The summed E-state index contributed by atoms with van der Waals surface area (Å²) in [5.74, 6) is -6.09. The fraction of sp³-hybridized carbons (Fsp3) is 0.641. The van der Waals surface area contributed by atoms with Crippen LogP contribution in [-0.4, -0.2) is 154 Å². The Morgan fingerprint density at radius 2 is 0.800 bits per heavy atom. The highest BCUT2D eigenvalue weighted by Gasteiger charge is 2.54. The second-order valence-electron chi connectivity index (χ2n) is 13.6. The third kappa shape index (κ3) is 16.4. The molecule has 0 aromatic heterocycles. The normalized spacial score (nSPS) is 26.1. The zero-order valence-electron chi connectivity index (χ0n) is 34.7. The van der Waals surface area contributed by atoms with Crippen molar-refractivity contribution in [3.63, 3.8) is 0 Å². The van der Waals surface area contributed by atoms with Crippen molar-refractivity contribution in [1.29, 1.82) is 0 Å². The van der Waals surface area contributed by atoms with Gasteiger partial charge in [-0.1, -0.05) is 30.3 Å². The van der Waals surface area contributed by atoms with Crippen LogP contribution < -0.4 is 0 Å². The molecule has 1 aromatic rings. The van der Waals surface area contributed by atoms with Gasteiger partial charge in [-0.2, -0.15) is 0 Å². The number of carbonyl (C=O) groups is 8. The summed E-state index contributed by atoms with van der Waals surface area (Å²) in [7, 11) is 0. The van der Waals surface area contributed by atoms with E-state index in [-0.39, 0.29) is 26.3 Å². The molecule has 0 N–H and O–H groups in total. The first-order chi connectivity index (χ1) is 28.3. The summed E-state index contributed by atoms with van der Waals surface area (Å²) in [6, 6.07) is 9.29. The fourth-order valence-electron chi connectivity index (χ4n) is 6.35. The Morgan fingerprint density at radius 3 is 1.13 bits per heavy atom. The molecule has 0 saturated carbocycles. The molecule has 2 fully saturated rings. The van der Waals surface area contributed by atoms with Crippen LogP contribution in [0.2, 0.25) is 0 Å². The van der Waals surface area contributed by atoms with E-state index in [4.69, 9.17) is 56.8 Å². The summed E-state index contributed by atoms with van der Waals surface area (Å²) in [5.41, 5.74) is 0.886. The van der Waals surface area contributed by atoms with Crippen molar-refractivity contribution in [3.05, 3.63) is 35.9 Å². The molecular formula is C39H53NO20. The summed E-state index contributed by atoms with van der Waals surface area (Å²) < 4.78 is 67.4. The minimum Gasteiger partial charge on any atom is -0.463 e. The molecule has 60 heavy (non-hydrogen) atoms. The minimum atomic E-state index is -1.43. The average Bonchev–Trinajstić information content (AvgIpc) is 3.13. The lowest BCUT2D eigenvalue weighted by molar-refractivity contribution is -0.310. The second kappa shape index (κ2) is 24.1. The van der Waals surface area contributed by atoms with Crippen LogP contribution in [0.25, 0.3) is 0 Å². The molecule has 1 aromatic carbocycles. The SMILES string of the molecule is CC(=O)OC[C@@H]1O[C@@H](OCCN(CCO[C@H]2O[C@H](COC(C)=O)[C@@H](OC(C)=O)[C@H](OC(C)=O)[C@@H]2OC(C)=O)Cc2ccccc2)[C@H](OC(C)=O)[C@H](OC(C)=O)[C@H]1OC(C)=O. The Hall–Kier alpha value is -5.22. The van der Waals surface area contributed by atoms with Gasteiger partial charge in [0.2, 0.25) is 0 Å². The average molecular weight is 856 g/mol. The molecule has 0 aliphatic carbocycles. The highest BCUT2D eigenvalue weighted by molar-refractivity contribution is 5.70. The van der Waals surface area contributed by atoms with Gasteiger partial charge in [-0.25, -0.2) is 0 Å². The molecule has 10 atom stereocenters. The molecule has 334 valence electrons. The van der Waals surface area contributed by atoms with E-state index in [9.17, 15) is 38.4 Å². The van der Waals surface area contributed by atoms with Crippen molar-refractivity contribution in [3.8, 4) is 0 Å². The third-order valence-electron chi connectivity index (χ3n) is 8.52. The van der Waals surface area contributed by atoms with Crippen LogP contribution >= 0.6 is 0 Å². The predicted octanol–water partition coefficient (Wildman–Crippen LogP) is 0.688. The quantitative estimate of drug-likeness (QED) is 0.129. The number of carbonyl (C=O) groups excluding carboxylic acids is 8. The zero-order chi connectivity index (χ0) is 44.5. The zero-order valence-corrected chi connectivity index (χ0v) is 34.7. The van der Waals surface area contributed by atoms with Gasteiger partial charge in [0.25, 0.3) is 0 Å². The lowest BCUT2D eigenvalue weighted by atomic mass is 9.98. The number of benzene rings is 1. The van der Waals surface area contributed by atoms with E-state index in [1.54, 1.807) is 0 Å². The van der Waals surface area contributed by atoms with E-state index in [1.807, 2.05) is 35.2 Å². The maximum Gasteiger partial charge on any atom is 0.303 e. The standard InChI is InChI=1S/C39H53NO20/c1-21(41)51-19-30-32(53-23(3)43)34(55-25(5)45)36(57-27(7)47)38(59-30)49-16-14-40(18-29-12-10-9-11-13-29)15-17-50-39-37(58-28(8)48)35(56-26(6)46)33(54-24(4)44)31(60-39)20-52-22(2)42/h9-13,30-39H,14-20H2,1-8H3/t30-,31+,32-,33+,34+,35-,36+,37-,38+,39-. The van der Waals surface area contributed by atoms with Crippen LogP contribution in [0.5, 0.6) is 0 Å². The molecule has 2 aliphatic rings. The van der Waals surface area contributed by atoms with E-state index in [0.717, 1.165) is 61.0 Å². The first-order valence-corrected chi connectivity index (χ1v) is 18.9. The van der Waals surface area contributed by atoms with Crippen LogP contribution in [-0.2, 0) is 102 Å². The smallest absolute Gasteiger partial charge is 0.303 e. The first kappa shape index (κ1) is 49.1. The van der Waals surface area contributed by atoms with Gasteiger partial charge in [0, 0.05) is 75.0 Å². The van der Waals surface area contributed by atoms with Gasteiger partial charge in [0.1, 0.15) is 25.4 Å². The number of esters is 8. The molecule has 0 unspecified atom stereocenters. The number of hydrogen-bond donors (Lipinski definition) is 0. The van der Waals surface area contributed by atoms with E-state index in [0.29, 0.717) is 6.54 Å². The largest absolute Gasteiger partial charge is 0.463 e. The van der Waals surface area contributed by atoms with Crippen molar-refractivity contribution in [1.82, 2.24) is 4.90 Å². The van der Waals surface area contributed by atoms with Gasteiger partial charge < -0.3 is 56.8 Å². The van der Waals surface area contributed by atoms with Crippen LogP contribution in [0.3, 0.4) is 0 Å². The maximum atomic E-state index is 12.3. The third-order valence-corrected chi connectivity index (χ3v) is 8.52. The summed E-state index contributed by atoms with van der Waals surface area (Å²) in [4.78, 5) is 98.6. The number of rotatable bonds is 20. The van der Waals surface area contributed by atoms with Crippen molar-refractivity contribution in [2.75, 3.05) is 39.5 Å². The van der Waals surface area contributed by atoms with Gasteiger partial charge in [0.05, 0.1) is 13.2 Å². The molecule has 3 rings (SSSR count). The maximum absolute atomic E-state index is 12.3. The lowest BCUT2D eigenvalue weighted by Gasteiger charge is -2.44. The Balaban J connectivity index is 1.87. The summed E-state index contributed by atoms with van der Waals surface area (Å²) in [6.45, 7) is 8.52. The molecule has 21 heteroatoms. The van der Waals surface area contributed by atoms with Crippen LogP contribution in [0.4, 0.5) is 0 Å². The molecule has 0 spiro atoms. The summed E-state index contributed by atoms with van der Waals surface area (Å²) >= 11 is 0. The Bertz CT molecular complexity index is 1540. The number of hydrogen-bond acceptors (Lipinski definition) is 21. The fourth-order valence-corrected chi connectivity index (χ4v) is 6.35. The Kier molecular flexibility index (Phi) is 19.8. The van der Waals surface area contributed by atoms with E-state index in [2.05, 4.69) is 0 Å². The van der Waals surface area contributed by atoms with Crippen LogP contribution in [0.1, 0.15) is 61.0 Å². The topological polar surface area (TPSA) is 251 Å². The summed E-state index contributed by atoms with van der Waals surface area (Å²) in [6.07, 6.45) is -13.7. The van der Waals surface area contributed by atoms with Gasteiger partial charge in [-0.05, 0) is 5.56 Å². The Morgan fingerprint density at radius 1 is 0.467 bits per heavy atom. The van der Waals surface area contributed by atoms with Crippen LogP contribution in [0, 0.1) is 0 Å². The van der Waals surface area contributed by atoms with Crippen LogP contribution in [0.15, 0.2) is 30.3 Å². The highest BCUT2D eigenvalue weighted by Crippen LogP contribution is 2.31. The van der Waals surface area contributed by atoms with Crippen molar-refractivity contribution in [2.24, 2.45) is 0 Å². The van der Waals surface area contributed by atoms with Gasteiger partial charge >= 0.3 is 47.8 Å². The predicted molar refractivity (Wildman–Crippen MR) is 198 cm³/mol. The van der Waals surface area contributed by atoms with Gasteiger partial charge in [0.15, 0.2) is 49.2 Å². The molecule has 21 nitrogen and oxygen atoms in total. The van der Waals surface area contributed by atoms with Crippen molar-refractivity contribution in [2.45, 2.75) is 123 Å². The lowest BCUT2D eigenvalue weighted by Crippen LogP contribution is -2.63. The molecule has 2 saturated heterocycles. The minimum absolute atomic E-state index is 0.111. The molecule has 0 radical (unpaired) electrons. The summed E-state index contributed by atoms with van der Waals surface area (Å²) in [5, 5.41) is 0. The molecule has 2 heterocycles. The van der Waals surface area contributed by atoms with E-state index < -0.39 is 122 Å². The molecule has 2 aliphatic heterocycles. The van der Waals surface area contributed by atoms with Crippen molar-refractivity contribution >= 4 is 47.8 Å². The van der Waals surface area contributed by atoms with Crippen molar-refractivity contribution < 1.29 is 95.2 Å². The Labute approximate surface area is 346 Å². The number of ether oxygens (including phenoxy) is 12. The highest BCUT2D eigenvalue weighted by atomic mass is 16.7. The van der Waals surface area contributed by atoms with Gasteiger partial charge in [-0.15, -0.1) is 0 Å². The molecule has 0 amide bonds. The van der Waals surface area contributed by atoms with E-state index >= 15 is 0 Å². The first-order valence-electron chi connectivity index (χ1n) is 18.9. The number of nitrogens with zero attached hydrogens (tertiary/aromatic N) is 1. The van der Waals surface area contributed by atoms with E-state index in [1.165, 1.54) is 0 Å². The monoisotopic (exact) mass is 855 g/mol. The molecule has 0 bridgehead atoms. The molecular weight excluding hydrogens is 802 g/mol. The van der Waals surface area contributed by atoms with Gasteiger partial charge in [-0.3, -0.25) is 43.3 Å². The second-order valence-corrected chi connectivity index (χ2v) is 13.6.